The molecule has 0 unspecified atom stereocenters. The van der Waals surface area contributed by atoms with Gasteiger partial charge in [-0.3, -0.25) is 0 Å². The summed E-state index contributed by atoms with van der Waals surface area (Å²) in [6.45, 7) is 3.26. The minimum Gasteiger partial charge on any atom is -0.391 e. The van der Waals surface area contributed by atoms with Crippen LogP contribution < -0.4 is 5.73 Å². The zero-order chi connectivity index (χ0) is 10.0. The molecule has 0 saturated heterocycles. The zero-order valence-electron chi connectivity index (χ0n) is 7.66. The van der Waals surface area contributed by atoms with Gasteiger partial charge in [-0.2, -0.15) is 4.39 Å². The molecule has 2 atom stereocenters. The first-order chi connectivity index (χ1) is 6.02. The molecule has 0 bridgehead atoms. The van der Waals surface area contributed by atoms with E-state index in [-0.39, 0.29) is 0 Å². The lowest BCUT2D eigenvalue weighted by molar-refractivity contribution is 0.163. The molecule has 0 radical (unpaired) electrons. The average Bonchev–Trinajstić information content (AvgIpc) is 2.03. The molecular weight excluding hydrogens is 171 g/mol. The molecular formula is C9H13FN2O. The molecule has 1 rings (SSSR count). The number of aryl methyl sites for hydroxylation is 1. The fourth-order valence-electron chi connectivity index (χ4n) is 1.15. The Balaban J connectivity index is 3.01. The van der Waals surface area contributed by atoms with Gasteiger partial charge in [0.2, 0.25) is 5.95 Å². The summed E-state index contributed by atoms with van der Waals surface area (Å²) in [5.74, 6) is -0.529. The largest absolute Gasteiger partial charge is 0.391 e. The van der Waals surface area contributed by atoms with Crippen molar-refractivity contribution in [2.45, 2.75) is 26.0 Å². The highest BCUT2D eigenvalue weighted by molar-refractivity contribution is 5.23. The van der Waals surface area contributed by atoms with Crippen molar-refractivity contribution in [2.24, 2.45) is 5.73 Å². The van der Waals surface area contributed by atoms with Gasteiger partial charge < -0.3 is 10.8 Å². The summed E-state index contributed by atoms with van der Waals surface area (Å²) in [5.41, 5.74) is 6.88. The topological polar surface area (TPSA) is 59.1 Å². The van der Waals surface area contributed by atoms with Gasteiger partial charge in [-0.25, -0.2) is 4.98 Å². The van der Waals surface area contributed by atoms with Crippen LogP contribution in [-0.2, 0) is 0 Å². The Hall–Kier alpha value is -1.00. The summed E-state index contributed by atoms with van der Waals surface area (Å²) in [6.07, 6.45) is -0.661. The lowest BCUT2D eigenvalue weighted by Gasteiger charge is -2.16. The first kappa shape index (κ1) is 10.1. The number of pyridine rings is 1. The maximum Gasteiger partial charge on any atom is 0.213 e. The van der Waals surface area contributed by atoms with Crippen molar-refractivity contribution in [2.75, 3.05) is 0 Å². The smallest absolute Gasteiger partial charge is 0.213 e. The lowest BCUT2D eigenvalue weighted by Crippen LogP contribution is -2.24. The quantitative estimate of drug-likeness (QED) is 0.671. The van der Waals surface area contributed by atoms with Crippen LogP contribution in [0.5, 0.6) is 0 Å². The highest BCUT2D eigenvalue weighted by atomic mass is 19.1. The second-order valence-corrected chi connectivity index (χ2v) is 3.07. The van der Waals surface area contributed by atoms with E-state index in [1.54, 1.807) is 19.9 Å². The van der Waals surface area contributed by atoms with Crippen molar-refractivity contribution >= 4 is 0 Å². The van der Waals surface area contributed by atoms with Crippen LogP contribution in [0.15, 0.2) is 12.1 Å². The summed E-state index contributed by atoms with van der Waals surface area (Å²) < 4.78 is 12.6. The maximum absolute atomic E-state index is 12.6. The number of aromatic nitrogens is 1. The number of halogens is 1. The van der Waals surface area contributed by atoms with Crippen LogP contribution in [0.25, 0.3) is 0 Å². The number of rotatable bonds is 2. The van der Waals surface area contributed by atoms with Gasteiger partial charge in [0.1, 0.15) is 0 Å². The van der Waals surface area contributed by atoms with Crippen molar-refractivity contribution in [3.8, 4) is 0 Å². The second-order valence-electron chi connectivity index (χ2n) is 3.07. The third-order valence-corrected chi connectivity index (χ3v) is 1.97. The molecule has 0 aliphatic rings. The van der Waals surface area contributed by atoms with E-state index in [0.29, 0.717) is 11.3 Å². The normalized spacial score (nSPS) is 15.5. The van der Waals surface area contributed by atoms with Crippen LogP contribution in [0.3, 0.4) is 0 Å². The Kier molecular flexibility index (Phi) is 2.95. The number of aliphatic hydroxyl groups is 1. The number of aliphatic hydroxyl groups excluding tert-OH is 1. The minimum atomic E-state index is -0.661. The summed E-state index contributed by atoms with van der Waals surface area (Å²) in [6, 6.07) is 2.28. The molecule has 13 heavy (non-hydrogen) atoms. The van der Waals surface area contributed by atoms with E-state index in [9.17, 15) is 9.50 Å². The second kappa shape index (κ2) is 3.81. The van der Waals surface area contributed by atoms with Crippen LogP contribution in [0.1, 0.15) is 24.2 Å². The van der Waals surface area contributed by atoms with Crippen molar-refractivity contribution in [1.29, 1.82) is 0 Å². The monoisotopic (exact) mass is 184 g/mol. The number of nitrogens with zero attached hydrogens (tertiary/aromatic N) is 1. The molecule has 1 heterocycles. The predicted molar refractivity (Wildman–Crippen MR) is 47.5 cm³/mol. The van der Waals surface area contributed by atoms with Crippen LogP contribution in [-0.4, -0.2) is 16.2 Å². The van der Waals surface area contributed by atoms with Crippen molar-refractivity contribution in [3.63, 3.8) is 0 Å². The molecule has 0 amide bonds. The van der Waals surface area contributed by atoms with E-state index < -0.39 is 18.1 Å². The van der Waals surface area contributed by atoms with Gasteiger partial charge in [0.25, 0.3) is 0 Å². The molecule has 1 aromatic rings. The Morgan fingerprint density at radius 1 is 1.54 bits per heavy atom. The van der Waals surface area contributed by atoms with Crippen molar-refractivity contribution in [1.82, 2.24) is 4.98 Å². The standard InChI is InChI=1S/C9H13FN2O/c1-5-7(9(11)6(2)13)3-4-8(10)12-5/h3-4,6,9,13H,11H2,1-2H3/t6-,9+/m0/s1. The first-order valence-corrected chi connectivity index (χ1v) is 4.09. The molecule has 1 aromatic heterocycles. The minimum absolute atomic E-state index is 0.506. The van der Waals surface area contributed by atoms with Gasteiger partial charge >= 0.3 is 0 Å². The van der Waals surface area contributed by atoms with E-state index in [0.717, 1.165) is 0 Å². The summed E-state index contributed by atoms with van der Waals surface area (Å²) in [4.78, 5) is 3.62. The van der Waals surface area contributed by atoms with E-state index in [2.05, 4.69) is 4.98 Å². The van der Waals surface area contributed by atoms with Crippen molar-refractivity contribution in [3.05, 3.63) is 29.3 Å². The Morgan fingerprint density at radius 3 is 2.62 bits per heavy atom. The molecule has 3 nitrogen and oxygen atoms in total. The zero-order valence-corrected chi connectivity index (χ0v) is 7.66. The van der Waals surface area contributed by atoms with E-state index >= 15 is 0 Å². The van der Waals surface area contributed by atoms with Gasteiger partial charge in [-0.05, 0) is 25.5 Å². The highest BCUT2D eigenvalue weighted by Crippen LogP contribution is 2.16. The SMILES string of the molecule is Cc1nc(F)ccc1[C@H](N)[C@H](C)O. The number of hydrogen-bond donors (Lipinski definition) is 2. The fourth-order valence-corrected chi connectivity index (χ4v) is 1.15. The Morgan fingerprint density at radius 2 is 2.15 bits per heavy atom. The molecule has 4 heteroatoms. The molecule has 0 spiro atoms. The maximum atomic E-state index is 12.6. The van der Waals surface area contributed by atoms with Gasteiger partial charge in [-0.15, -0.1) is 0 Å². The van der Waals surface area contributed by atoms with Crippen LogP contribution in [0.4, 0.5) is 4.39 Å². The Bertz CT molecular complexity index is 302. The molecule has 72 valence electrons. The summed E-state index contributed by atoms with van der Waals surface area (Å²) in [5, 5.41) is 9.22. The predicted octanol–water partition coefficient (Wildman–Crippen LogP) is 0.910. The van der Waals surface area contributed by atoms with E-state index in [1.165, 1.54) is 6.07 Å². The molecule has 0 aliphatic heterocycles. The fraction of sp³-hybridized carbons (Fsp3) is 0.444. The van der Waals surface area contributed by atoms with Crippen LogP contribution >= 0.6 is 0 Å². The highest BCUT2D eigenvalue weighted by Gasteiger charge is 2.14. The summed E-state index contributed by atoms with van der Waals surface area (Å²) in [7, 11) is 0. The van der Waals surface area contributed by atoms with Crippen molar-refractivity contribution < 1.29 is 9.50 Å². The summed E-state index contributed by atoms with van der Waals surface area (Å²) >= 11 is 0. The molecule has 0 fully saturated rings. The first-order valence-electron chi connectivity index (χ1n) is 4.09. The third kappa shape index (κ3) is 2.23. The Labute approximate surface area is 76.4 Å². The van der Waals surface area contributed by atoms with Crippen LogP contribution in [0, 0.1) is 12.9 Å². The van der Waals surface area contributed by atoms with Gasteiger partial charge in [0, 0.05) is 5.69 Å². The molecule has 0 aliphatic carbocycles. The number of hydrogen-bond acceptors (Lipinski definition) is 3. The van der Waals surface area contributed by atoms with E-state index in [4.69, 9.17) is 5.73 Å². The van der Waals surface area contributed by atoms with E-state index in [1.807, 2.05) is 0 Å². The van der Waals surface area contributed by atoms with Gasteiger partial charge in [0.05, 0.1) is 12.1 Å². The van der Waals surface area contributed by atoms with Gasteiger partial charge in [-0.1, -0.05) is 6.07 Å². The molecule has 0 aromatic carbocycles. The molecule has 3 N–H and O–H groups in total. The van der Waals surface area contributed by atoms with Gasteiger partial charge in [0.15, 0.2) is 0 Å². The molecule has 0 saturated carbocycles. The lowest BCUT2D eigenvalue weighted by atomic mass is 10.0. The van der Waals surface area contributed by atoms with Crippen LogP contribution in [0.2, 0.25) is 0 Å². The third-order valence-electron chi connectivity index (χ3n) is 1.97. The number of nitrogens with two attached hydrogens (primary N) is 1. The average molecular weight is 184 g/mol.